The molecule has 0 rings (SSSR count). The van der Waals surface area contributed by atoms with Gasteiger partial charge in [0, 0.05) is 25.3 Å². The molecule has 0 amide bonds. The molecule has 88 valence electrons. The van der Waals surface area contributed by atoms with Crippen LogP contribution in [0, 0.1) is 5.92 Å². The van der Waals surface area contributed by atoms with E-state index >= 15 is 0 Å². The summed E-state index contributed by atoms with van der Waals surface area (Å²) < 4.78 is 5.37. The first-order valence-corrected chi connectivity index (χ1v) is 5.23. The highest BCUT2D eigenvalue weighted by Crippen LogP contribution is 1.93. The number of carbonyl (C=O) groups is 1. The van der Waals surface area contributed by atoms with Gasteiger partial charge in [-0.15, -0.1) is 0 Å². The number of rotatable bonds is 9. The van der Waals surface area contributed by atoms with Crippen LogP contribution in [0.25, 0.3) is 0 Å². The molecule has 0 aliphatic heterocycles. The Morgan fingerprint density at radius 2 is 2.20 bits per heavy atom. The molecule has 0 radical (unpaired) electrons. The quantitative estimate of drug-likeness (QED) is 0.449. The lowest BCUT2D eigenvalue weighted by Crippen LogP contribution is -2.22. The minimum Gasteiger partial charge on any atom is -0.478 e. The molecule has 0 unspecified atom stereocenters. The summed E-state index contributed by atoms with van der Waals surface area (Å²) in [5, 5.41) is 11.5. The minimum atomic E-state index is -0.946. The maximum atomic E-state index is 10.4. The molecule has 0 aromatic heterocycles. The van der Waals surface area contributed by atoms with E-state index in [1.165, 1.54) is 0 Å². The van der Waals surface area contributed by atoms with Crippen LogP contribution in [-0.2, 0) is 9.53 Å². The van der Waals surface area contributed by atoms with E-state index in [0.717, 1.165) is 19.6 Å². The van der Waals surface area contributed by atoms with Gasteiger partial charge in [-0.05, 0) is 18.9 Å². The van der Waals surface area contributed by atoms with Crippen molar-refractivity contribution < 1.29 is 14.6 Å². The molecule has 0 fully saturated rings. The predicted molar refractivity (Wildman–Crippen MR) is 59.9 cm³/mol. The molecule has 15 heavy (non-hydrogen) atoms. The van der Waals surface area contributed by atoms with Crippen molar-refractivity contribution in [2.45, 2.75) is 20.3 Å². The summed E-state index contributed by atoms with van der Waals surface area (Å²) in [6.45, 7) is 10.2. The van der Waals surface area contributed by atoms with E-state index in [1.54, 1.807) is 0 Å². The Kier molecular flexibility index (Phi) is 7.95. The maximum Gasteiger partial charge on any atom is 0.332 e. The number of aliphatic carboxylic acids is 1. The summed E-state index contributed by atoms with van der Waals surface area (Å²) in [5.74, 6) is -0.386. The van der Waals surface area contributed by atoms with Crippen molar-refractivity contribution in [2.24, 2.45) is 5.92 Å². The Balaban J connectivity index is 3.18. The van der Waals surface area contributed by atoms with Gasteiger partial charge >= 0.3 is 5.97 Å². The van der Waals surface area contributed by atoms with Crippen molar-refractivity contribution in [3.8, 4) is 0 Å². The average Bonchev–Trinajstić information content (AvgIpc) is 2.15. The minimum absolute atomic E-state index is 0.193. The van der Waals surface area contributed by atoms with E-state index < -0.39 is 5.97 Å². The predicted octanol–water partition coefficient (Wildman–Crippen LogP) is 1.28. The molecular weight excluding hydrogens is 194 g/mol. The fraction of sp³-hybridized carbons (Fsp3) is 0.727. The molecular formula is C11H21NO3. The van der Waals surface area contributed by atoms with Crippen molar-refractivity contribution in [3.63, 3.8) is 0 Å². The lowest BCUT2D eigenvalue weighted by Gasteiger charge is -2.07. The highest BCUT2D eigenvalue weighted by Gasteiger charge is 2.01. The molecule has 0 saturated heterocycles. The Hall–Kier alpha value is -0.870. The highest BCUT2D eigenvalue weighted by molar-refractivity contribution is 5.86. The molecule has 0 aromatic carbocycles. The number of carboxylic acids is 1. The molecule has 2 N–H and O–H groups in total. The Morgan fingerprint density at radius 3 is 2.73 bits per heavy atom. The largest absolute Gasteiger partial charge is 0.478 e. The van der Waals surface area contributed by atoms with Crippen molar-refractivity contribution in [1.82, 2.24) is 5.32 Å². The molecule has 0 heterocycles. The number of carboxylic acid groups (broad SMARTS) is 1. The van der Waals surface area contributed by atoms with Crippen LogP contribution in [0.2, 0.25) is 0 Å². The maximum absolute atomic E-state index is 10.4. The highest BCUT2D eigenvalue weighted by atomic mass is 16.5. The standard InChI is InChI=1S/C11H21NO3/c1-9(2)8-15-6-4-5-12-7-10(3)11(13)14/h9,12H,3-8H2,1-2H3,(H,13,14). The number of hydrogen-bond acceptors (Lipinski definition) is 3. The number of hydrogen-bond donors (Lipinski definition) is 2. The Morgan fingerprint density at radius 1 is 1.53 bits per heavy atom. The third-order valence-corrected chi connectivity index (χ3v) is 1.73. The molecule has 0 aromatic rings. The zero-order chi connectivity index (χ0) is 11.7. The summed E-state index contributed by atoms with van der Waals surface area (Å²) >= 11 is 0. The molecule has 0 aliphatic rings. The van der Waals surface area contributed by atoms with Gasteiger partial charge in [0.05, 0.1) is 0 Å². The smallest absolute Gasteiger partial charge is 0.332 e. The number of ether oxygens (including phenoxy) is 1. The van der Waals surface area contributed by atoms with Gasteiger partial charge in [0.15, 0.2) is 0 Å². The van der Waals surface area contributed by atoms with Gasteiger partial charge in [-0.25, -0.2) is 4.79 Å². The first kappa shape index (κ1) is 14.1. The van der Waals surface area contributed by atoms with E-state index in [9.17, 15) is 4.79 Å². The van der Waals surface area contributed by atoms with Crippen LogP contribution in [0.3, 0.4) is 0 Å². The molecule has 0 saturated carbocycles. The molecule has 4 nitrogen and oxygen atoms in total. The second kappa shape index (κ2) is 8.44. The van der Waals surface area contributed by atoms with E-state index in [-0.39, 0.29) is 5.57 Å². The first-order chi connectivity index (χ1) is 7.04. The topological polar surface area (TPSA) is 58.6 Å². The van der Waals surface area contributed by atoms with Crippen LogP contribution in [0.5, 0.6) is 0 Å². The van der Waals surface area contributed by atoms with Gasteiger partial charge in [-0.1, -0.05) is 20.4 Å². The normalized spacial score (nSPS) is 10.6. The van der Waals surface area contributed by atoms with Gasteiger partial charge in [0.2, 0.25) is 0 Å². The third-order valence-electron chi connectivity index (χ3n) is 1.73. The van der Waals surface area contributed by atoms with Gasteiger partial charge in [-0.3, -0.25) is 0 Å². The zero-order valence-electron chi connectivity index (χ0n) is 9.58. The Labute approximate surface area is 91.3 Å². The fourth-order valence-electron chi connectivity index (χ4n) is 0.933. The zero-order valence-corrected chi connectivity index (χ0v) is 9.58. The van der Waals surface area contributed by atoms with Crippen LogP contribution >= 0.6 is 0 Å². The summed E-state index contributed by atoms with van der Waals surface area (Å²) in [4.78, 5) is 10.4. The fourth-order valence-corrected chi connectivity index (χ4v) is 0.933. The van der Waals surface area contributed by atoms with Gasteiger partial charge in [0.1, 0.15) is 0 Å². The summed E-state index contributed by atoms with van der Waals surface area (Å²) in [6, 6.07) is 0. The van der Waals surface area contributed by atoms with Crippen molar-refractivity contribution >= 4 is 5.97 Å². The summed E-state index contributed by atoms with van der Waals surface area (Å²) in [6.07, 6.45) is 0.889. The second-order valence-electron chi connectivity index (χ2n) is 3.91. The lowest BCUT2D eigenvalue weighted by atomic mass is 10.2. The van der Waals surface area contributed by atoms with Crippen LogP contribution in [0.4, 0.5) is 0 Å². The lowest BCUT2D eigenvalue weighted by molar-refractivity contribution is -0.132. The third kappa shape index (κ3) is 9.43. The summed E-state index contributed by atoms with van der Waals surface area (Å²) in [5.41, 5.74) is 0.193. The van der Waals surface area contributed by atoms with Gasteiger partial charge in [0.25, 0.3) is 0 Å². The van der Waals surface area contributed by atoms with Crippen molar-refractivity contribution in [1.29, 1.82) is 0 Å². The SMILES string of the molecule is C=C(CNCCCOCC(C)C)C(=O)O. The van der Waals surface area contributed by atoms with Crippen molar-refractivity contribution in [3.05, 3.63) is 12.2 Å². The molecule has 0 spiro atoms. The monoisotopic (exact) mass is 215 g/mol. The van der Waals surface area contributed by atoms with Gasteiger partial charge < -0.3 is 15.2 Å². The first-order valence-electron chi connectivity index (χ1n) is 5.23. The van der Waals surface area contributed by atoms with E-state index in [1.807, 2.05) is 0 Å². The van der Waals surface area contributed by atoms with Gasteiger partial charge in [-0.2, -0.15) is 0 Å². The molecule has 0 aliphatic carbocycles. The van der Waals surface area contributed by atoms with Crippen LogP contribution in [0.1, 0.15) is 20.3 Å². The number of nitrogens with one attached hydrogen (secondary N) is 1. The van der Waals surface area contributed by atoms with Crippen LogP contribution in [-0.4, -0.2) is 37.4 Å². The second-order valence-corrected chi connectivity index (χ2v) is 3.91. The van der Waals surface area contributed by atoms with Crippen LogP contribution in [0.15, 0.2) is 12.2 Å². The molecule has 4 heteroatoms. The average molecular weight is 215 g/mol. The molecule has 0 bridgehead atoms. The van der Waals surface area contributed by atoms with Crippen molar-refractivity contribution in [2.75, 3.05) is 26.3 Å². The Bertz CT molecular complexity index is 202. The summed E-state index contributed by atoms with van der Waals surface area (Å²) in [7, 11) is 0. The van der Waals surface area contributed by atoms with Crippen LogP contribution < -0.4 is 5.32 Å². The van der Waals surface area contributed by atoms with E-state index in [0.29, 0.717) is 19.1 Å². The van der Waals surface area contributed by atoms with E-state index in [2.05, 4.69) is 25.7 Å². The van der Waals surface area contributed by atoms with E-state index in [4.69, 9.17) is 9.84 Å². The molecule has 0 atom stereocenters.